The molecule has 0 aliphatic rings. The Balaban J connectivity index is 2.52. The third kappa shape index (κ3) is 6.82. The zero-order valence-electron chi connectivity index (χ0n) is 14.5. The van der Waals surface area contributed by atoms with Gasteiger partial charge in [-0.1, -0.05) is 26.0 Å². The van der Waals surface area contributed by atoms with Crippen LogP contribution in [0.3, 0.4) is 0 Å². The first-order chi connectivity index (χ1) is 11.0. The van der Waals surface area contributed by atoms with E-state index in [2.05, 4.69) is 10.6 Å². The van der Waals surface area contributed by atoms with Crippen molar-refractivity contribution in [3.05, 3.63) is 29.8 Å². The summed E-state index contributed by atoms with van der Waals surface area (Å²) in [4.78, 5) is 23.0. The molecule has 128 valence electrons. The SMILES string of the molecule is CCC(C)C(=O)[C@H](Cc1ccc(OCCNC(C)=O)cc1)NC. The first-order valence-corrected chi connectivity index (χ1v) is 8.15. The van der Waals surface area contributed by atoms with E-state index >= 15 is 0 Å². The average Bonchev–Trinajstić information content (AvgIpc) is 2.56. The van der Waals surface area contributed by atoms with Gasteiger partial charge in [0.15, 0.2) is 5.78 Å². The largest absolute Gasteiger partial charge is 0.492 e. The van der Waals surface area contributed by atoms with Crippen LogP contribution in [0.2, 0.25) is 0 Å². The molecule has 2 atom stereocenters. The number of ether oxygens (including phenoxy) is 1. The van der Waals surface area contributed by atoms with Gasteiger partial charge in [0.2, 0.25) is 5.91 Å². The maximum Gasteiger partial charge on any atom is 0.216 e. The maximum absolute atomic E-state index is 12.3. The summed E-state index contributed by atoms with van der Waals surface area (Å²) >= 11 is 0. The summed E-state index contributed by atoms with van der Waals surface area (Å²) in [6.07, 6.45) is 1.53. The van der Waals surface area contributed by atoms with Crippen molar-refractivity contribution in [1.29, 1.82) is 0 Å². The second-order valence-corrected chi connectivity index (χ2v) is 5.73. The van der Waals surface area contributed by atoms with Gasteiger partial charge in [-0.05, 0) is 37.6 Å². The number of Topliss-reactive ketones (excluding diaryl/α,β-unsaturated/α-hetero) is 1. The summed E-state index contributed by atoms with van der Waals surface area (Å²) in [6.45, 7) is 6.40. The van der Waals surface area contributed by atoms with Crippen LogP contribution in [0.25, 0.3) is 0 Å². The predicted molar refractivity (Wildman–Crippen MR) is 91.6 cm³/mol. The highest BCUT2D eigenvalue weighted by molar-refractivity contribution is 5.86. The summed E-state index contributed by atoms with van der Waals surface area (Å²) in [5, 5.41) is 5.79. The van der Waals surface area contributed by atoms with Crippen LogP contribution < -0.4 is 15.4 Å². The average molecular weight is 320 g/mol. The number of hydrogen-bond donors (Lipinski definition) is 2. The van der Waals surface area contributed by atoms with Crippen molar-refractivity contribution < 1.29 is 14.3 Å². The number of carbonyl (C=O) groups excluding carboxylic acids is 2. The molecule has 0 spiro atoms. The molecule has 0 aliphatic carbocycles. The molecule has 1 aromatic carbocycles. The minimum atomic E-state index is -0.156. The van der Waals surface area contributed by atoms with Gasteiger partial charge in [0.1, 0.15) is 12.4 Å². The number of carbonyl (C=O) groups is 2. The minimum Gasteiger partial charge on any atom is -0.492 e. The molecule has 0 fully saturated rings. The van der Waals surface area contributed by atoms with Crippen LogP contribution >= 0.6 is 0 Å². The first kappa shape index (κ1) is 19.2. The van der Waals surface area contributed by atoms with E-state index in [9.17, 15) is 9.59 Å². The van der Waals surface area contributed by atoms with Crippen molar-refractivity contribution >= 4 is 11.7 Å². The van der Waals surface area contributed by atoms with Crippen LogP contribution in [0.5, 0.6) is 5.75 Å². The molecule has 1 aromatic rings. The van der Waals surface area contributed by atoms with Crippen LogP contribution in [0.1, 0.15) is 32.8 Å². The number of rotatable bonds is 10. The van der Waals surface area contributed by atoms with Gasteiger partial charge in [-0.3, -0.25) is 9.59 Å². The maximum atomic E-state index is 12.3. The Morgan fingerprint density at radius 1 is 1.22 bits per heavy atom. The van der Waals surface area contributed by atoms with Gasteiger partial charge in [0, 0.05) is 12.8 Å². The summed E-state index contributed by atoms with van der Waals surface area (Å²) in [7, 11) is 1.82. The quantitative estimate of drug-likeness (QED) is 0.647. The standard InChI is InChI=1S/C18H28N2O3/c1-5-13(2)18(22)17(19-4)12-15-6-8-16(9-7-15)23-11-10-20-14(3)21/h6-9,13,17,19H,5,10-12H2,1-4H3,(H,20,21)/t13?,17-/m0/s1. The Hall–Kier alpha value is -1.88. The van der Waals surface area contributed by atoms with Crippen LogP contribution in [-0.2, 0) is 16.0 Å². The Kier molecular flexibility index (Phi) is 8.33. The van der Waals surface area contributed by atoms with Gasteiger partial charge in [-0.15, -0.1) is 0 Å². The van der Waals surface area contributed by atoms with Gasteiger partial charge in [-0.2, -0.15) is 0 Å². The molecule has 5 heteroatoms. The number of amides is 1. The highest BCUT2D eigenvalue weighted by Crippen LogP contribution is 2.15. The van der Waals surface area contributed by atoms with Crippen LogP contribution in [0.15, 0.2) is 24.3 Å². The third-order valence-corrected chi connectivity index (χ3v) is 3.90. The summed E-state index contributed by atoms with van der Waals surface area (Å²) < 4.78 is 5.55. The predicted octanol–water partition coefficient (Wildman–Crippen LogP) is 1.95. The van der Waals surface area contributed by atoms with E-state index in [0.29, 0.717) is 19.6 Å². The van der Waals surface area contributed by atoms with E-state index in [1.54, 1.807) is 0 Å². The van der Waals surface area contributed by atoms with E-state index in [1.807, 2.05) is 45.2 Å². The van der Waals surface area contributed by atoms with Gasteiger partial charge < -0.3 is 15.4 Å². The van der Waals surface area contributed by atoms with E-state index in [1.165, 1.54) is 6.92 Å². The fourth-order valence-electron chi connectivity index (χ4n) is 2.24. The molecule has 0 saturated carbocycles. The Bertz CT molecular complexity index is 499. The zero-order chi connectivity index (χ0) is 17.2. The topological polar surface area (TPSA) is 67.4 Å². The first-order valence-electron chi connectivity index (χ1n) is 8.15. The van der Waals surface area contributed by atoms with Crippen molar-refractivity contribution in [2.24, 2.45) is 5.92 Å². The number of benzene rings is 1. The summed E-state index contributed by atoms with van der Waals surface area (Å²) in [5.74, 6) is 1.02. The molecule has 1 rings (SSSR count). The number of nitrogens with one attached hydrogen (secondary N) is 2. The Morgan fingerprint density at radius 3 is 2.39 bits per heavy atom. The van der Waals surface area contributed by atoms with Gasteiger partial charge in [0.05, 0.1) is 12.6 Å². The number of likely N-dealkylation sites (N-methyl/N-ethyl adjacent to an activating group) is 1. The number of hydrogen-bond acceptors (Lipinski definition) is 4. The molecule has 0 radical (unpaired) electrons. The normalized spacial score (nSPS) is 13.2. The molecule has 5 nitrogen and oxygen atoms in total. The lowest BCUT2D eigenvalue weighted by atomic mass is 9.93. The monoisotopic (exact) mass is 320 g/mol. The molecule has 0 aliphatic heterocycles. The van der Waals surface area contributed by atoms with E-state index in [4.69, 9.17) is 4.74 Å². The lowest BCUT2D eigenvalue weighted by Crippen LogP contribution is -2.39. The van der Waals surface area contributed by atoms with Crippen LogP contribution in [0, 0.1) is 5.92 Å². The number of ketones is 1. The smallest absolute Gasteiger partial charge is 0.216 e. The van der Waals surface area contributed by atoms with E-state index in [0.717, 1.165) is 17.7 Å². The Labute approximate surface area is 138 Å². The highest BCUT2D eigenvalue weighted by Gasteiger charge is 2.21. The van der Waals surface area contributed by atoms with Gasteiger partial charge >= 0.3 is 0 Å². The van der Waals surface area contributed by atoms with E-state index < -0.39 is 0 Å². The fraction of sp³-hybridized carbons (Fsp3) is 0.556. The fourth-order valence-corrected chi connectivity index (χ4v) is 2.24. The molecule has 2 N–H and O–H groups in total. The molecule has 0 aromatic heterocycles. The van der Waals surface area contributed by atoms with Gasteiger partial charge in [-0.25, -0.2) is 0 Å². The van der Waals surface area contributed by atoms with Crippen molar-refractivity contribution in [3.63, 3.8) is 0 Å². The van der Waals surface area contributed by atoms with Gasteiger partial charge in [0.25, 0.3) is 0 Å². The Morgan fingerprint density at radius 2 is 1.87 bits per heavy atom. The third-order valence-electron chi connectivity index (χ3n) is 3.90. The van der Waals surface area contributed by atoms with Crippen molar-refractivity contribution in [2.75, 3.05) is 20.2 Å². The zero-order valence-corrected chi connectivity index (χ0v) is 14.5. The lowest BCUT2D eigenvalue weighted by Gasteiger charge is -2.18. The lowest BCUT2D eigenvalue weighted by molar-refractivity contribution is -0.124. The molecule has 1 unspecified atom stereocenters. The van der Waals surface area contributed by atoms with Crippen molar-refractivity contribution in [2.45, 2.75) is 39.7 Å². The summed E-state index contributed by atoms with van der Waals surface area (Å²) in [6, 6.07) is 7.58. The molecule has 23 heavy (non-hydrogen) atoms. The summed E-state index contributed by atoms with van der Waals surface area (Å²) in [5.41, 5.74) is 1.09. The molecule has 0 bridgehead atoms. The highest BCUT2D eigenvalue weighted by atomic mass is 16.5. The second-order valence-electron chi connectivity index (χ2n) is 5.73. The minimum absolute atomic E-state index is 0.0620. The molecule has 0 saturated heterocycles. The second kappa shape index (κ2) is 10.0. The van der Waals surface area contributed by atoms with Crippen LogP contribution in [-0.4, -0.2) is 37.9 Å². The molecular weight excluding hydrogens is 292 g/mol. The van der Waals surface area contributed by atoms with Crippen molar-refractivity contribution in [3.8, 4) is 5.75 Å². The van der Waals surface area contributed by atoms with E-state index in [-0.39, 0.29) is 23.7 Å². The molecular formula is C18H28N2O3. The molecule has 1 amide bonds. The molecule has 0 heterocycles. The van der Waals surface area contributed by atoms with Crippen molar-refractivity contribution in [1.82, 2.24) is 10.6 Å². The van der Waals surface area contributed by atoms with Crippen LogP contribution in [0.4, 0.5) is 0 Å².